The van der Waals surface area contributed by atoms with Crippen LogP contribution in [0.5, 0.6) is 0 Å². The van der Waals surface area contributed by atoms with Crippen LogP contribution in [-0.2, 0) is 14.8 Å². The summed E-state index contributed by atoms with van der Waals surface area (Å²) in [4.78, 5) is 12.8. The molecule has 0 aliphatic rings. The Morgan fingerprint density at radius 1 is 0.969 bits per heavy atom. The highest BCUT2D eigenvalue weighted by molar-refractivity contribution is 7.92. The topological polar surface area (TPSA) is 78.8 Å². The number of benzene rings is 3. The molecular formula is C24H24ClN3O3S. The van der Waals surface area contributed by atoms with Crippen molar-refractivity contribution in [3.63, 3.8) is 0 Å². The number of carbonyl (C=O) groups excluding carboxylic acids is 1. The summed E-state index contributed by atoms with van der Waals surface area (Å²) >= 11 is 5.90. The molecule has 8 heteroatoms. The average Bonchev–Trinajstić information content (AvgIpc) is 2.76. The van der Waals surface area contributed by atoms with E-state index >= 15 is 0 Å². The Kier molecular flexibility index (Phi) is 7.33. The number of nitrogens with zero attached hydrogens (tertiary/aromatic N) is 2. The quantitative estimate of drug-likeness (QED) is 0.402. The van der Waals surface area contributed by atoms with E-state index < -0.39 is 22.5 Å². The molecule has 0 aliphatic heterocycles. The number of anilines is 1. The van der Waals surface area contributed by atoms with Crippen molar-refractivity contribution in [3.8, 4) is 0 Å². The van der Waals surface area contributed by atoms with Gasteiger partial charge in [0, 0.05) is 5.02 Å². The first-order valence-corrected chi connectivity index (χ1v) is 11.7. The number of hydrogen-bond donors (Lipinski definition) is 1. The molecule has 0 fully saturated rings. The maximum atomic E-state index is 13.4. The van der Waals surface area contributed by atoms with Crippen LogP contribution in [-0.4, -0.2) is 26.6 Å². The maximum absolute atomic E-state index is 13.4. The van der Waals surface area contributed by atoms with Gasteiger partial charge in [-0.15, -0.1) is 0 Å². The number of amides is 1. The molecule has 0 saturated carbocycles. The Morgan fingerprint density at radius 3 is 2.16 bits per heavy atom. The van der Waals surface area contributed by atoms with E-state index in [4.69, 9.17) is 11.6 Å². The first-order chi connectivity index (χ1) is 15.2. The molecule has 0 spiro atoms. The van der Waals surface area contributed by atoms with E-state index in [1.165, 1.54) is 12.1 Å². The Morgan fingerprint density at radius 2 is 1.56 bits per heavy atom. The van der Waals surface area contributed by atoms with Crippen molar-refractivity contribution >= 4 is 38.9 Å². The van der Waals surface area contributed by atoms with Gasteiger partial charge in [0.1, 0.15) is 6.54 Å². The molecule has 1 amide bonds. The summed E-state index contributed by atoms with van der Waals surface area (Å²) in [6.45, 7) is 5.08. The van der Waals surface area contributed by atoms with Gasteiger partial charge in [-0.1, -0.05) is 48.0 Å². The number of halogens is 1. The zero-order valence-corrected chi connectivity index (χ0v) is 19.6. The van der Waals surface area contributed by atoms with Gasteiger partial charge in [0.15, 0.2) is 0 Å². The molecule has 0 saturated heterocycles. The molecule has 3 rings (SSSR count). The van der Waals surface area contributed by atoms with Gasteiger partial charge < -0.3 is 0 Å². The van der Waals surface area contributed by atoms with Crippen LogP contribution in [0.4, 0.5) is 5.69 Å². The molecule has 1 N–H and O–H groups in total. The van der Waals surface area contributed by atoms with Crippen LogP contribution in [0.25, 0.3) is 0 Å². The molecule has 3 aromatic rings. The van der Waals surface area contributed by atoms with E-state index in [1.54, 1.807) is 61.5 Å². The van der Waals surface area contributed by atoms with Crippen LogP contribution >= 0.6 is 11.6 Å². The Balaban J connectivity index is 1.89. The van der Waals surface area contributed by atoms with Gasteiger partial charge >= 0.3 is 0 Å². The van der Waals surface area contributed by atoms with Gasteiger partial charge in [-0.3, -0.25) is 9.10 Å². The normalized spacial score (nSPS) is 11.8. The van der Waals surface area contributed by atoms with Crippen molar-refractivity contribution in [1.29, 1.82) is 0 Å². The van der Waals surface area contributed by atoms with Crippen LogP contribution < -0.4 is 9.73 Å². The standard InChI is InChI=1S/C24H24ClN3O3S/c1-17-13-18(2)15-22(14-17)28(32(30,31)23-7-5-4-6-8-23)16-24(29)27-26-19(3)20-9-11-21(25)12-10-20/h4-15H,16H2,1-3H3,(H,27,29)/b26-19-. The summed E-state index contributed by atoms with van der Waals surface area (Å²) in [5.74, 6) is -0.558. The average molecular weight is 470 g/mol. The first kappa shape index (κ1) is 23.5. The van der Waals surface area contributed by atoms with Gasteiger partial charge in [0.05, 0.1) is 16.3 Å². The van der Waals surface area contributed by atoms with Crippen LogP contribution in [0, 0.1) is 13.8 Å². The molecule has 6 nitrogen and oxygen atoms in total. The fourth-order valence-electron chi connectivity index (χ4n) is 3.20. The highest BCUT2D eigenvalue weighted by Crippen LogP contribution is 2.25. The largest absolute Gasteiger partial charge is 0.271 e. The Bertz CT molecular complexity index is 1220. The first-order valence-electron chi connectivity index (χ1n) is 9.92. The Labute approximate surface area is 193 Å². The molecule has 3 aromatic carbocycles. The van der Waals surface area contributed by atoms with Crippen LogP contribution in [0.2, 0.25) is 5.02 Å². The molecule has 166 valence electrons. The lowest BCUT2D eigenvalue weighted by Gasteiger charge is -2.24. The molecule has 0 atom stereocenters. The third-order valence-corrected chi connectivity index (χ3v) is 6.76. The SMILES string of the molecule is C/C(=N/NC(=O)CN(c1cc(C)cc(C)c1)S(=O)(=O)c1ccccc1)c1ccc(Cl)cc1. The van der Waals surface area contributed by atoms with Crippen molar-refractivity contribution < 1.29 is 13.2 Å². The summed E-state index contributed by atoms with van der Waals surface area (Å²) in [6.07, 6.45) is 0. The zero-order valence-electron chi connectivity index (χ0n) is 18.0. The fraction of sp³-hybridized carbons (Fsp3) is 0.167. The third-order valence-electron chi connectivity index (χ3n) is 4.72. The second-order valence-electron chi connectivity index (χ2n) is 7.41. The molecule has 32 heavy (non-hydrogen) atoms. The number of carbonyl (C=O) groups is 1. The predicted octanol–water partition coefficient (Wildman–Crippen LogP) is 4.69. The molecular weight excluding hydrogens is 446 g/mol. The molecule has 0 unspecified atom stereocenters. The highest BCUT2D eigenvalue weighted by Gasteiger charge is 2.27. The lowest BCUT2D eigenvalue weighted by Crippen LogP contribution is -2.39. The monoisotopic (exact) mass is 469 g/mol. The molecule has 0 aliphatic carbocycles. The van der Waals surface area contributed by atoms with Gasteiger partial charge in [-0.2, -0.15) is 5.10 Å². The van der Waals surface area contributed by atoms with E-state index in [0.717, 1.165) is 21.0 Å². The van der Waals surface area contributed by atoms with Crippen molar-refractivity contribution in [2.24, 2.45) is 5.10 Å². The van der Waals surface area contributed by atoms with Gasteiger partial charge in [-0.05, 0) is 73.9 Å². The number of hydrogen-bond acceptors (Lipinski definition) is 4. The van der Waals surface area contributed by atoms with E-state index in [1.807, 2.05) is 19.9 Å². The van der Waals surface area contributed by atoms with Gasteiger partial charge in [0.25, 0.3) is 15.9 Å². The van der Waals surface area contributed by atoms with Crippen LogP contribution in [0.3, 0.4) is 0 Å². The van der Waals surface area contributed by atoms with E-state index in [-0.39, 0.29) is 4.90 Å². The minimum Gasteiger partial charge on any atom is -0.271 e. The summed E-state index contributed by atoms with van der Waals surface area (Å²) in [5, 5.41) is 4.71. The second-order valence-corrected chi connectivity index (χ2v) is 9.71. The third kappa shape index (κ3) is 5.75. The Hall–Kier alpha value is -3.16. The van der Waals surface area contributed by atoms with Crippen LogP contribution in [0.1, 0.15) is 23.6 Å². The van der Waals surface area contributed by atoms with Crippen molar-refractivity contribution in [2.75, 3.05) is 10.8 Å². The summed E-state index contributed by atoms with van der Waals surface area (Å²) in [5.41, 5.74) is 6.02. The zero-order chi connectivity index (χ0) is 23.3. The predicted molar refractivity (Wildman–Crippen MR) is 129 cm³/mol. The highest BCUT2D eigenvalue weighted by atomic mass is 35.5. The fourth-order valence-corrected chi connectivity index (χ4v) is 4.75. The number of hydrazone groups is 1. The molecule has 0 aromatic heterocycles. The molecule has 0 radical (unpaired) electrons. The molecule has 0 heterocycles. The number of aryl methyl sites for hydroxylation is 2. The van der Waals surface area contributed by atoms with Gasteiger partial charge in [0.2, 0.25) is 0 Å². The van der Waals surface area contributed by atoms with Gasteiger partial charge in [-0.25, -0.2) is 13.8 Å². The smallest absolute Gasteiger partial charge is 0.264 e. The van der Waals surface area contributed by atoms with E-state index in [2.05, 4.69) is 10.5 Å². The minimum atomic E-state index is -3.97. The van der Waals surface area contributed by atoms with Crippen molar-refractivity contribution in [2.45, 2.75) is 25.7 Å². The summed E-state index contributed by atoms with van der Waals surface area (Å²) in [6, 6.07) is 20.5. The lowest BCUT2D eigenvalue weighted by molar-refractivity contribution is -0.119. The number of rotatable bonds is 7. The minimum absolute atomic E-state index is 0.104. The van der Waals surface area contributed by atoms with E-state index in [0.29, 0.717) is 16.4 Å². The molecule has 0 bridgehead atoms. The summed E-state index contributed by atoms with van der Waals surface area (Å²) in [7, 11) is -3.97. The maximum Gasteiger partial charge on any atom is 0.264 e. The van der Waals surface area contributed by atoms with Crippen molar-refractivity contribution in [1.82, 2.24) is 5.43 Å². The number of sulfonamides is 1. The van der Waals surface area contributed by atoms with Crippen molar-refractivity contribution in [3.05, 3.63) is 94.5 Å². The lowest BCUT2D eigenvalue weighted by atomic mass is 10.1. The summed E-state index contributed by atoms with van der Waals surface area (Å²) < 4.78 is 27.9. The second kappa shape index (κ2) is 9.97. The van der Waals surface area contributed by atoms with Crippen LogP contribution in [0.15, 0.2) is 82.8 Å². The number of nitrogens with one attached hydrogen (secondary N) is 1. The van der Waals surface area contributed by atoms with E-state index in [9.17, 15) is 13.2 Å².